The molecule has 0 saturated carbocycles. The predicted molar refractivity (Wildman–Crippen MR) is 88.9 cm³/mol. The van der Waals surface area contributed by atoms with E-state index in [0.717, 1.165) is 5.69 Å². The Hall–Kier alpha value is -2.34. The van der Waals surface area contributed by atoms with Gasteiger partial charge in [0.25, 0.3) is 5.91 Å². The number of nitrogens with one attached hydrogen (secondary N) is 1. The number of aliphatic hydroxyl groups is 1. The van der Waals surface area contributed by atoms with E-state index >= 15 is 0 Å². The van der Waals surface area contributed by atoms with E-state index in [2.05, 4.69) is 10.4 Å². The molecule has 2 N–H and O–H groups in total. The van der Waals surface area contributed by atoms with E-state index in [1.165, 1.54) is 0 Å². The summed E-state index contributed by atoms with van der Waals surface area (Å²) in [6.45, 7) is 6.56. The average Bonchev–Trinajstić information content (AvgIpc) is 2.99. The van der Waals surface area contributed by atoms with Crippen molar-refractivity contribution in [1.29, 1.82) is 0 Å². The number of carbonyl (C=O) groups is 1. The molecule has 2 aromatic rings. The maximum atomic E-state index is 12.6. The molecule has 0 radical (unpaired) electrons. The molecule has 2 rings (SSSR count). The number of hydrogen-bond donors (Lipinski definition) is 2. The Morgan fingerprint density at radius 2 is 2.17 bits per heavy atom. The number of methoxy groups -OCH3 is 1. The van der Waals surface area contributed by atoms with Gasteiger partial charge in [-0.1, -0.05) is 13.8 Å². The summed E-state index contributed by atoms with van der Waals surface area (Å²) in [5.74, 6) is 0.544. The summed E-state index contributed by atoms with van der Waals surface area (Å²) < 4.78 is 6.92. The van der Waals surface area contributed by atoms with Gasteiger partial charge in [-0.3, -0.25) is 9.48 Å². The van der Waals surface area contributed by atoms with Crippen LogP contribution in [0.15, 0.2) is 24.4 Å². The zero-order valence-electron chi connectivity index (χ0n) is 14.0. The minimum absolute atomic E-state index is 0.155. The second kappa shape index (κ2) is 7.28. The lowest BCUT2D eigenvalue weighted by atomic mass is 10.1. The minimum atomic E-state index is -0.206. The molecule has 0 bridgehead atoms. The third-order valence-corrected chi connectivity index (χ3v) is 3.61. The first-order valence-electron chi connectivity index (χ1n) is 7.66. The van der Waals surface area contributed by atoms with Gasteiger partial charge in [0.1, 0.15) is 5.75 Å². The first kappa shape index (κ1) is 17.0. The zero-order valence-corrected chi connectivity index (χ0v) is 14.0. The number of nitrogens with zero attached hydrogens (tertiary/aromatic N) is 2. The first-order chi connectivity index (χ1) is 11.0. The number of aliphatic hydroxyl groups excluding tert-OH is 1. The van der Waals surface area contributed by atoms with E-state index in [0.29, 0.717) is 29.1 Å². The van der Waals surface area contributed by atoms with Crippen LogP contribution in [0.1, 0.15) is 48.3 Å². The Morgan fingerprint density at radius 3 is 2.74 bits per heavy atom. The van der Waals surface area contributed by atoms with Crippen molar-refractivity contribution in [3.63, 3.8) is 0 Å². The van der Waals surface area contributed by atoms with E-state index in [1.54, 1.807) is 36.2 Å². The van der Waals surface area contributed by atoms with Crippen LogP contribution >= 0.6 is 0 Å². The van der Waals surface area contributed by atoms with Crippen molar-refractivity contribution in [3.05, 3.63) is 41.2 Å². The second-order valence-electron chi connectivity index (χ2n) is 5.58. The highest BCUT2D eigenvalue weighted by atomic mass is 16.5. The van der Waals surface area contributed by atoms with Crippen LogP contribution in [0.3, 0.4) is 0 Å². The SMILES string of the molecule is CCn1cc(C(=O)Nc2ccc(OC)c(CO)c2)c(C(C)C)n1. The lowest BCUT2D eigenvalue weighted by Gasteiger charge is -2.10. The van der Waals surface area contributed by atoms with Gasteiger partial charge in [-0.05, 0) is 31.0 Å². The predicted octanol–water partition coefficient (Wildman–Crippen LogP) is 2.78. The Morgan fingerprint density at radius 1 is 1.43 bits per heavy atom. The van der Waals surface area contributed by atoms with Crippen LogP contribution in [0.5, 0.6) is 5.75 Å². The molecule has 0 unspecified atom stereocenters. The second-order valence-corrected chi connectivity index (χ2v) is 5.58. The van der Waals surface area contributed by atoms with Crippen LogP contribution in [0.4, 0.5) is 5.69 Å². The van der Waals surface area contributed by atoms with Crippen LogP contribution in [0, 0.1) is 0 Å². The van der Waals surface area contributed by atoms with Crippen LogP contribution < -0.4 is 10.1 Å². The highest BCUT2D eigenvalue weighted by Crippen LogP contribution is 2.24. The molecule has 0 aliphatic heterocycles. The number of rotatable bonds is 6. The fraction of sp³-hybridized carbons (Fsp3) is 0.412. The molecule has 6 nitrogen and oxygen atoms in total. The summed E-state index contributed by atoms with van der Waals surface area (Å²) in [7, 11) is 1.54. The number of amides is 1. The number of aryl methyl sites for hydroxylation is 1. The maximum absolute atomic E-state index is 12.6. The zero-order chi connectivity index (χ0) is 17.0. The lowest BCUT2D eigenvalue weighted by molar-refractivity contribution is 0.102. The van der Waals surface area contributed by atoms with Crippen molar-refractivity contribution in [1.82, 2.24) is 9.78 Å². The Labute approximate surface area is 136 Å². The van der Waals surface area contributed by atoms with Gasteiger partial charge >= 0.3 is 0 Å². The minimum Gasteiger partial charge on any atom is -0.496 e. The number of anilines is 1. The van der Waals surface area contributed by atoms with Gasteiger partial charge in [-0.25, -0.2) is 0 Å². The van der Waals surface area contributed by atoms with Crippen LogP contribution in [-0.4, -0.2) is 27.9 Å². The van der Waals surface area contributed by atoms with Crippen LogP contribution in [0.25, 0.3) is 0 Å². The van der Waals surface area contributed by atoms with Crippen LogP contribution in [-0.2, 0) is 13.2 Å². The van der Waals surface area contributed by atoms with Gasteiger partial charge in [0.05, 0.1) is 25.0 Å². The van der Waals surface area contributed by atoms with Crippen molar-refractivity contribution < 1.29 is 14.6 Å². The van der Waals surface area contributed by atoms with Gasteiger partial charge in [0.15, 0.2) is 0 Å². The third kappa shape index (κ3) is 3.71. The highest BCUT2D eigenvalue weighted by molar-refractivity contribution is 6.05. The molecular formula is C17H23N3O3. The van der Waals surface area contributed by atoms with Gasteiger partial charge in [-0.2, -0.15) is 5.10 Å². The molecule has 1 aromatic carbocycles. The standard InChI is InChI=1S/C17H23N3O3/c1-5-20-9-14(16(19-20)11(2)3)17(22)18-13-6-7-15(23-4)12(8-13)10-21/h6-9,11,21H,5,10H2,1-4H3,(H,18,22). The Kier molecular flexibility index (Phi) is 5.39. The molecule has 23 heavy (non-hydrogen) atoms. The summed E-state index contributed by atoms with van der Waals surface area (Å²) in [5.41, 5.74) is 2.58. The summed E-state index contributed by atoms with van der Waals surface area (Å²) >= 11 is 0. The van der Waals surface area contributed by atoms with Gasteiger partial charge in [0.2, 0.25) is 0 Å². The normalized spacial score (nSPS) is 10.9. The van der Waals surface area contributed by atoms with Crippen molar-refractivity contribution >= 4 is 11.6 Å². The third-order valence-electron chi connectivity index (χ3n) is 3.61. The van der Waals surface area contributed by atoms with E-state index in [9.17, 15) is 9.90 Å². The van der Waals surface area contributed by atoms with E-state index in [4.69, 9.17) is 4.74 Å². The fourth-order valence-corrected chi connectivity index (χ4v) is 2.38. The lowest BCUT2D eigenvalue weighted by Crippen LogP contribution is -2.14. The molecule has 0 saturated heterocycles. The van der Waals surface area contributed by atoms with Crippen molar-refractivity contribution in [2.75, 3.05) is 12.4 Å². The van der Waals surface area contributed by atoms with Crippen molar-refractivity contribution in [3.8, 4) is 5.75 Å². The molecular weight excluding hydrogens is 294 g/mol. The molecule has 0 spiro atoms. The average molecular weight is 317 g/mol. The highest BCUT2D eigenvalue weighted by Gasteiger charge is 2.19. The molecule has 0 atom stereocenters. The van der Waals surface area contributed by atoms with Gasteiger partial charge < -0.3 is 15.2 Å². The Bertz CT molecular complexity index is 692. The largest absolute Gasteiger partial charge is 0.496 e. The number of ether oxygens (including phenoxy) is 1. The first-order valence-corrected chi connectivity index (χ1v) is 7.66. The smallest absolute Gasteiger partial charge is 0.259 e. The summed E-state index contributed by atoms with van der Waals surface area (Å²) in [6, 6.07) is 5.17. The van der Waals surface area contributed by atoms with E-state index in [-0.39, 0.29) is 18.4 Å². The molecule has 1 aromatic heterocycles. The summed E-state index contributed by atoms with van der Waals surface area (Å²) in [4.78, 5) is 12.6. The number of aromatic nitrogens is 2. The molecule has 0 fully saturated rings. The molecule has 1 heterocycles. The molecule has 124 valence electrons. The summed E-state index contributed by atoms with van der Waals surface area (Å²) in [6.07, 6.45) is 1.77. The van der Waals surface area contributed by atoms with Gasteiger partial charge in [-0.15, -0.1) is 0 Å². The number of carbonyl (C=O) groups excluding carboxylic acids is 1. The number of hydrogen-bond acceptors (Lipinski definition) is 4. The van der Waals surface area contributed by atoms with Crippen molar-refractivity contribution in [2.24, 2.45) is 0 Å². The topological polar surface area (TPSA) is 76.4 Å². The maximum Gasteiger partial charge on any atom is 0.259 e. The molecule has 6 heteroatoms. The molecule has 1 amide bonds. The van der Waals surface area contributed by atoms with E-state index in [1.807, 2.05) is 20.8 Å². The summed E-state index contributed by atoms with van der Waals surface area (Å²) in [5, 5.41) is 16.7. The van der Waals surface area contributed by atoms with Crippen molar-refractivity contribution in [2.45, 2.75) is 39.8 Å². The molecule has 0 aliphatic rings. The quantitative estimate of drug-likeness (QED) is 0.859. The monoisotopic (exact) mass is 317 g/mol. The van der Waals surface area contributed by atoms with E-state index < -0.39 is 0 Å². The Balaban J connectivity index is 2.27. The van der Waals surface area contributed by atoms with Crippen LogP contribution in [0.2, 0.25) is 0 Å². The number of benzene rings is 1. The molecule has 0 aliphatic carbocycles. The van der Waals surface area contributed by atoms with Gasteiger partial charge in [0, 0.05) is 24.0 Å². The fourth-order valence-electron chi connectivity index (χ4n) is 2.38.